The molecule has 0 saturated heterocycles. The number of hydrogen-bond donors (Lipinski definition) is 0. The molecule has 1 saturated carbocycles. The highest BCUT2D eigenvalue weighted by atomic mass is 35.5. The lowest BCUT2D eigenvalue weighted by Crippen LogP contribution is -2.01. The quantitative estimate of drug-likeness (QED) is 0.708. The summed E-state index contributed by atoms with van der Waals surface area (Å²) in [6.45, 7) is 2.35. The average molecular weight is 239 g/mol. The third-order valence-corrected chi connectivity index (χ3v) is 4.24. The zero-order valence-electron chi connectivity index (χ0n) is 10.0. The van der Waals surface area contributed by atoms with Crippen LogP contribution in [-0.2, 0) is 6.42 Å². The number of ether oxygens (including phenoxy) is 1. The number of benzene rings is 1. The molecular weight excluding hydrogens is 220 g/mol. The van der Waals surface area contributed by atoms with Gasteiger partial charge in [-0.1, -0.05) is 19.1 Å². The molecule has 1 aliphatic rings. The van der Waals surface area contributed by atoms with Crippen molar-refractivity contribution in [2.75, 3.05) is 13.0 Å². The zero-order chi connectivity index (χ0) is 11.6. The first-order valence-electron chi connectivity index (χ1n) is 5.87. The van der Waals surface area contributed by atoms with Crippen LogP contribution in [0.15, 0.2) is 24.3 Å². The maximum atomic E-state index is 5.89. The molecule has 0 aliphatic heterocycles. The van der Waals surface area contributed by atoms with Crippen LogP contribution in [-0.4, -0.2) is 13.0 Å². The van der Waals surface area contributed by atoms with Gasteiger partial charge in [-0.25, -0.2) is 0 Å². The molecule has 2 atom stereocenters. The molecule has 0 N–H and O–H groups in total. The summed E-state index contributed by atoms with van der Waals surface area (Å²) in [4.78, 5) is 0. The number of aryl methyl sites for hydroxylation is 1. The standard InChI is InChI=1S/C14H19ClO/c1-14(9-12(14)10-15)8-7-11-3-5-13(16-2)6-4-11/h3-6,12H,7-10H2,1-2H3. The molecule has 2 heteroatoms. The highest BCUT2D eigenvalue weighted by Gasteiger charge is 2.48. The van der Waals surface area contributed by atoms with Crippen molar-refractivity contribution >= 4 is 11.6 Å². The van der Waals surface area contributed by atoms with Crippen molar-refractivity contribution in [2.45, 2.75) is 26.2 Å². The summed E-state index contributed by atoms with van der Waals surface area (Å²) >= 11 is 5.89. The minimum atomic E-state index is 0.502. The van der Waals surface area contributed by atoms with E-state index in [1.807, 2.05) is 12.1 Å². The van der Waals surface area contributed by atoms with E-state index in [-0.39, 0.29) is 0 Å². The Morgan fingerprint density at radius 3 is 2.56 bits per heavy atom. The topological polar surface area (TPSA) is 9.23 Å². The van der Waals surface area contributed by atoms with Gasteiger partial charge in [0, 0.05) is 5.88 Å². The van der Waals surface area contributed by atoms with Crippen LogP contribution in [0.5, 0.6) is 5.75 Å². The van der Waals surface area contributed by atoms with Crippen LogP contribution in [0.2, 0.25) is 0 Å². The van der Waals surface area contributed by atoms with Crippen molar-refractivity contribution < 1.29 is 4.74 Å². The van der Waals surface area contributed by atoms with Crippen LogP contribution in [0.1, 0.15) is 25.3 Å². The molecule has 0 bridgehead atoms. The molecule has 0 spiro atoms. The summed E-state index contributed by atoms with van der Waals surface area (Å²) < 4.78 is 5.14. The first-order chi connectivity index (χ1) is 7.68. The highest BCUT2D eigenvalue weighted by Crippen LogP contribution is 2.55. The van der Waals surface area contributed by atoms with Gasteiger partial charge in [-0.05, 0) is 48.3 Å². The van der Waals surface area contributed by atoms with Gasteiger partial charge in [0.2, 0.25) is 0 Å². The van der Waals surface area contributed by atoms with Crippen molar-refractivity contribution in [2.24, 2.45) is 11.3 Å². The van der Waals surface area contributed by atoms with Crippen LogP contribution in [0.25, 0.3) is 0 Å². The Morgan fingerprint density at radius 2 is 2.06 bits per heavy atom. The van der Waals surface area contributed by atoms with E-state index >= 15 is 0 Å². The molecule has 1 aromatic rings. The van der Waals surface area contributed by atoms with E-state index in [9.17, 15) is 0 Å². The summed E-state index contributed by atoms with van der Waals surface area (Å²) in [5.74, 6) is 2.49. The number of halogens is 1. The highest BCUT2D eigenvalue weighted by molar-refractivity contribution is 6.18. The monoisotopic (exact) mass is 238 g/mol. The molecule has 1 nitrogen and oxygen atoms in total. The lowest BCUT2D eigenvalue weighted by molar-refractivity contribution is 0.414. The molecular formula is C14H19ClO. The fourth-order valence-corrected chi connectivity index (χ4v) is 2.75. The predicted molar refractivity (Wildman–Crippen MR) is 68.2 cm³/mol. The summed E-state index contributed by atoms with van der Waals surface area (Å²) in [6.07, 6.45) is 3.69. The van der Waals surface area contributed by atoms with Crippen LogP contribution >= 0.6 is 11.6 Å². The van der Waals surface area contributed by atoms with Crippen molar-refractivity contribution in [3.63, 3.8) is 0 Å². The number of alkyl halides is 1. The summed E-state index contributed by atoms with van der Waals surface area (Å²) in [5, 5.41) is 0. The molecule has 1 aromatic carbocycles. The van der Waals surface area contributed by atoms with E-state index in [2.05, 4.69) is 19.1 Å². The maximum Gasteiger partial charge on any atom is 0.118 e. The van der Waals surface area contributed by atoms with Crippen molar-refractivity contribution in [1.29, 1.82) is 0 Å². The normalized spacial score (nSPS) is 27.8. The fourth-order valence-electron chi connectivity index (χ4n) is 2.27. The van der Waals surface area contributed by atoms with Gasteiger partial charge in [-0.2, -0.15) is 0 Å². The first-order valence-corrected chi connectivity index (χ1v) is 6.40. The van der Waals surface area contributed by atoms with Gasteiger partial charge in [0.05, 0.1) is 7.11 Å². The lowest BCUT2D eigenvalue weighted by atomic mass is 9.97. The Morgan fingerprint density at radius 1 is 1.38 bits per heavy atom. The van der Waals surface area contributed by atoms with E-state index in [4.69, 9.17) is 16.3 Å². The minimum absolute atomic E-state index is 0.502. The maximum absolute atomic E-state index is 5.89. The predicted octanol–water partition coefficient (Wildman–Crippen LogP) is 3.89. The van der Waals surface area contributed by atoms with E-state index in [1.165, 1.54) is 18.4 Å². The van der Waals surface area contributed by atoms with Crippen molar-refractivity contribution in [1.82, 2.24) is 0 Å². The van der Waals surface area contributed by atoms with Crippen LogP contribution in [0.4, 0.5) is 0 Å². The Hall–Kier alpha value is -0.690. The molecule has 88 valence electrons. The lowest BCUT2D eigenvalue weighted by Gasteiger charge is -2.10. The van der Waals surface area contributed by atoms with Gasteiger partial charge in [0.1, 0.15) is 5.75 Å². The molecule has 1 fully saturated rings. The molecule has 0 radical (unpaired) electrons. The van der Waals surface area contributed by atoms with E-state index in [0.717, 1.165) is 24.0 Å². The third kappa shape index (κ3) is 2.52. The first kappa shape index (κ1) is 11.8. The van der Waals surface area contributed by atoms with Gasteiger partial charge in [-0.3, -0.25) is 0 Å². The molecule has 0 amide bonds. The van der Waals surface area contributed by atoms with Gasteiger partial charge in [0.15, 0.2) is 0 Å². The van der Waals surface area contributed by atoms with Crippen molar-refractivity contribution in [3.05, 3.63) is 29.8 Å². The third-order valence-electron chi connectivity index (χ3n) is 3.87. The number of rotatable bonds is 5. The Balaban J connectivity index is 1.86. The van der Waals surface area contributed by atoms with E-state index in [1.54, 1.807) is 7.11 Å². The Kier molecular flexibility index (Phi) is 3.44. The largest absolute Gasteiger partial charge is 0.497 e. The Labute approximate surface area is 103 Å². The second kappa shape index (κ2) is 4.67. The smallest absolute Gasteiger partial charge is 0.118 e. The number of hydrogen-bond acceptors (Lipinski definition) is 1. The molecule has 2 unspecified atom stereocenters. The summed E-state index contributed by atoms with van der Waals surface area (Å²) in [5.41, 5.74) is 1.89. The molecule has 1 aliphatic carbocycles. The van der Waals surface area contributed by atoms with Gasteiger partial charge >= 0.3 is 0 Å². The SMILES string of the molecule is COc1ccc(CCC2(C)CC2CCl)cc1. The molecule has 0 heterocycles. The Bertz CT molecular complexity index is 346. The second-order valence-electron chi connectivity index (χ2n) is 5.06. The van der Waals surface area contributed by atoms with Crippen LogP contribution < -0.4 is 4.74 Å². The fraction of sp³-hybridized carbons (Fsp3) is 0.571. The van der Waals surface area contributed by atoms with Gasteiger partial charge < -0.3 is 4.74 Å². The van der Waals surface area contributed by atoms with Gasteiger partial charge in [-0.15, -0.1) is 11.6 Å². The zero-order valence-corrected chi connectivity index (χ0v) is 10.8. The molecule has 2 rings (SSSR count). The molecule has 0 aromatic heterocycles. The summed E-state index contributed by atoms with van der Waals surface area (Å²) in [6, 6.07) is 8.37. The van der Waals surface area contributed by atoms with Crippen molar-refractivity contribution in [3.8, 4) is 5.75 Å². The van der Waals surface area contributed by atoms with Crippen LogP contribution in [0, 0.1) is 11.3 Å². The molecule has 16 heavy (non-hydrogen) atoms. The average Bonchev–Trinajstić information content (AvgIpc) is 2.99. The van der Waals surface area contributed by atoms with E-state index in [0.29, 0.717) is 5.41 Å². The minimum Gasteiger partial charge on any atom is -0.497 e. The van der Waals surface area contributed by atoms with E-state index < -0.39 is 0 Å². The number of methoxy groups -OCH3 is 1. The second-order valence-corrected chi connectivity index (χ2v) is 5.37. The van der Waals surface area contributed by atoms with Gasteiger partial charge in [0.25, 0.3) is 0 Å². The summed E-state index contributed by atoms with van der Waals surface area (Å²) in [7, 11) is 1.70. The van der Waals surface area contributed by atoms with Crippen LogP contribution in [0.3, 0.4) is 0 Å².